The number of nitrogens with zero attached hydrogens (tertiary/aromatic N) is 3. The number of hydrogen-bond donors (Lipinski definition) is 1. The Morgan fingerprint density at radius 2 is 1.91 bits per heavy atom. The Morgan fingerprint density at radius 3 is 2.57 bits per heavy atom. The molecular formula is C18H20N4O. The molecule has 1 aromatic carbocycles. The van der Waals surface area contributed by atoms with Crippen LogP contribution in [0.15, 0.2) is 42.6 Å². The number of carbonyl (C=O) groups excluding carboxylic acids is 1. The first-order valence-electron chi connectivity index (χ1n) is 7.84. The minimum atomic E-state index is -0.144. The van der Waals surface area contributed by atoms with E-state index in [0.29, 0.717) is 22.8 Å². The number of rotatable bonds is 4. The van der Waals surface area contributed by atoms with Crippen LogP contribution < -0.4 is 5.32 Å². The highest BCUT2D eigenvalue weighted by atomic mass is 16.1. The summed E-state index contributed by atoms with van der Waals surface area (Å²) in [5, 5.41) is 11.2. The predicted molar refractivity (Wildman–Crippen MR) is 90.8 cm³/mol. The van der Waals surface area contributed by atoms with Gasteiger partial charge in [-0.2, -0.15) is 0 Å². The summed E-state index contributed by atoms with van der Waals surface area (Å²) < 4.78 is 1.90. The summed E-state index contributed by atoms with van der Waals surface area (Å²) in [6, 6.07) is 11.4. The first-order valence-corrected chi connectivity index (χ1v) is 7.84. The molecule has 0 aliphatic carbocycles. The van der Waals surface area contributed by atoms with Gasteiger partial charge in [-0.3, -0.25) is 9.20 Å². The lowest BCUT2D eigenvalue weighted by molar-refractivity contribution is 0.102. The molecule has 1 amide bonds. The first kappa shape index (κ1) is 15.2. The monoisotopic (exact) mass is 308 g/mol. The summed E-state index contributed by atoms with van der Waals surface area (Å²) in [5.41, 5.74) is 3.18. The normalized spacial score (nSPS) is 11.1. The van der Waals surface area contributed by atoms with E-state index in [4.69, 9.17) is 0 Å². The molecule has 5 nitrogen and oxygen atoms in total. The van der Waals surface area contributed by atoms with E-state index in [9.17, 15) is 4.79 Å². The molecule has 0 aliphatic rings. The minimum absolute atomic E-state index is 0.144. The van der Waals surface area contributed by atoms with Gasteiger partial charge in [0, 0.05) is 18.2 Å². The van der Waals surface area contributed by atoms with E-state index in [0.717, 1.165) is 12.2 Å². The van der Waals surface area contributed by atoms with Crippen molar-refractivity contribution in [3.8, 4) is 0 Å². The molecule has 0 radical (unpaired) electrons. The average Bonchev–Trinajstić information content (AvgIpc) is 2.99. The number of fused-ring (bicyclic) bond motifs is 1. The van der Waals surface area contributed by atoms with E-state index in [1.54, 1.807) is 0 Å². The van der Waals surface area contributed by atoms with Crippen molar-refractivity contribution in [3.05, 3.63) is 59.5 Å². The Morgan fingerprint density at radius 1 is 1.17 bits per heavy atom. The summed E-state index contributed by atoms with van der Waals surface area (Å²) in [4.78, 5) is 12.4. The number of pyridine rings is 1. The number of aryl methyl sites for hydroxylation is 1. The molecule has 0 unspecified atom stereocenters. The number of benzene rings is 1. The van der Waals surface area contributed by atoms with Gasteiger partial charge in [-0.05, 0) is 35.7 Å². The van der Waals surface area contributed by atoms with Crippen LogP contribution in [0.5, 0.6) is 0 Å². The van der Waals surface area contributed by atoms with Crippen molar-refractivity contribution in [1.82, 2.24) is 14.6 Å². The molecule has 0 spiro atoms. The zero-order chi connectivity index (χ0) is 16.4. The van der Waals surface area contributed by atoms with Crippen molar-refractivity contribution in [3.63, 3.8) is 0 Å². The zero-order valence-electron chi connectivity index (χ0n) is 13.6. The van der Waals surface area contributed by atoms with Gasteiger partial charge in [0.25, 0.3) is 5.91 Å². The van der Waals surface area contributed by atoms with Crippen LogP contribution in [0.3, 0.4) is 0 Å². The van der Waals surface area contributed by atoms with Crippen LogP contribution in [0.4, 0.5) is 5.69 Å². The number of aromatic nitrogens is 3. The average molecular weight is 308 g/mol. The second kappa shape index (κ2) is 6.20. The van der Waals surface area contributed by atoms with Crippen molar-refractivity contribution >= 4 is 17.2 Å². The van der Waals surface area contributed by atoms with Crippen molar-refractivity contribution in [2.24, 2.45) is 0 Å². The Labute approximate surface area is 135 Å². The molecule has 0 saturated carbocycles. The van der Waals surface area contributed by atoms with Crippen LogP contribution in [0.1, 0.15) is 48.4 Å². The van der Waals surface area contributed by atoms with Gasteiger partial charge in [0.1, 0.15) is 5.82 Å². The molecule has 118 valence electrons. The molecule has 0 atom stereocenters. The second-order valence-corrected chi connectivity index (χ2v) is 5.82. The molecule has 0 aliphatic heterocycles. The third-order valence-electron chi connectivity index (χ3n) is 3.91. The Kier molecular flexibility index (Phi) is 4.10. The lowest BCUT2D eigenvalue weighted by Crippen LogP contribution is -2.13. The fourth-order valence-electron chi connectivity index (χ4n) is 2.52. The molecule has 23 heavy (non-hydrogen) atoms. The SMILES string of the molecule is CCc1nnc2c(NC(=O)c3ccc(C(C)C)cc3)cccn12. The van der Waals surface area contributed by atoms with Crippen LogP contribution in [-0.2, 0) is 6.42 Å². The number of hydrogen-bond acceptors (Lipinski definition) is 3. The molecule has 0 fully saturated rings. The van der Waals surface area contributed by atoms with Crippen molar-refractivity contribution < 1.29 is 4.79 Å². The maximum Gasteiger partial charge on any atom is 0.255 e. The molecule has 5 heteroatoms. The van der Waals surface area contributed by atoms with E-state index in [-0.39, 0.29) is 5.91 Å². The molecule has 2 heterocycles. The molecule has 2 aromatic heterocycles. The predicted octanol–water partition coefficient (Wildman–Crippen LogP) is 3.67. The second-order valence-electron chi connectivity index (χ2n) is 5.82. The summed E-state index contributed by atoms with van der Waals surface area (Å²) in [6.45, 7) is 6.29. The molecule has 3 rings (SSSR count). The lowest BCUT2D eigenvalue weighted by atomic mass is 10.0. The molecule has 3 aromatic rings. The standard InChI is InChI=1S/C18H20N4O/c1-4-16-20-21-17-15(6-5-11-22(16)17)19-18(23)14-9-7-13(8-10-14)12(2)3/h5-12H,4H2,1-3H3,(H,19,23). The molecule has 0 saturated heterocycles. The largest absolute Gasteiger partial charge is 0.319 e. The van der Waals surface area contributed by atoms with Gasteiger partial charge < -0.3 is 5.32 Å². The van der Waals surface area contributed by atoms with Gasteiger partial charge in [0.05, 0.1) is 5.69 Å². The quantitative estimate of drug-likeness (QED) is 0.800. The summed E-state index contributed by atoms with van der Waals surface area (Å²) in [7, 11) is 0. The van der Waals surface area contributed by atoms with Crippen molar-refractivity contribution in [1.29, 1.82) is 0 Å². The van der Waals surface area contributed by atoms with E-state index in [2.05, 4.69) is 29.4 Å². The van der Waals surface area contributed by atoms with Gasteiger partial charge in [-0.1, -0.05) is 32.9 Å². The number of carbonyl (C=O) groups is 1. The zero-order valence-corrected chi connectivity index (χ0v) is 13.6. The Balaban J connectivity index is 1.86. The van der Waals surface area contributed by atoms with Gasteiger partial charge >= 0.3 is 0 Å². The minimum Gasteiger partial charge on any atom is -0.319 e. The highest BCUT2D eigenvalue weighted by Gasteiger charge is 2.12. The van der Waals surface area contributed by atoms with Crippen LogP contribution in [0.2, 0.25) is 0 Å². The fraction of sp³-hybridized carbons (Fsp3) is 0.278. The van der Waals surface area contributed by atoms with Crippen LogP contribution in [-0.4, -0.2) is 20.5 Å². The summed E-state index contributed by atoms with van der Waals surface area (Å²) in [5.74, 6) is 1.18. The smallest absolute Gasteiger partial charge is 0.255 e. The van der Waals surface area contributed by atoms with Gasteiger partial charge in [-0.25, -0.2) is 0 Å². The van der Waals surface area contributed by atoms with Gasteiger partial charge in [-0.15, -0.1) is 10.2 Å². The third-order valence-corrected chi connectivity index (χ3v) is 3.91. The number of nitrogens with one attached hydrogen (secondary N) is 1. The van der Waals surface area contributed by atoms with E-state index < -0.39 is 0 Å². The van der Waals surface area contributed by atoms with Crippen LogP contribution >= 0.6 is 0 Å². The topological polar surface area (TPSA) is 59.3 Å². The highest BCUT2D eigenvalue weighted by molar-refractivity contribution is 6.05. The van der Waals surface area contributed by atoms with E-state index in [1.165, 1.54) is 5.56 Å². The molecule has 0 bridgehead atoms. The molecular weight excluding hydrogens is 288 g/mol. The highest BCUT2D eigenvalue weighted by Crippen LogP contribution is 2.18. The maximum atomic E-state index is 12.4. The van der Waals surface area contributed by atoms with Gasteiger partial charge in [0.15, 0.2) is 5.65 Å². The number of anilines is 1. The molecule has 1 N–H and O–H groups in total. The number of amides is 1. The Hall–Kier alpha value is -2.69. The first-order chi connectivity index (χ1) is 11.1. The van der Waals surface area contributed by atoms with Gasteiger partial charge in [0.2, 0.25) is 0 Å². The summed E-state index contributed by atoms with van der Waals surface area (Å²) in [6.07, 6.45) is 2.69. The van der Waals surface area contributed by atoms with Crippen LogP contribution in [0.25, 0.3) is 5.65 Å². The maximum absolute atomic E-state index is 12.4. The van der Waals surface area contributed by atoms with Crippen LogP contribution in [0, 0.1) is 0 Å². The van der Waals surface area contributed by atoms with E-state index >= 15 is 0 Å². The fourth-order valence-corrected chi connectivity index (χ4v) is 2.52. The van der Waals surface area contributed by atoms with Crippen molar-refractivity contribution in [2.75, 3.05) is 5.32 Å². The lowest BCUT2D eigenvalue weighted by Gasteiger charge is -2.08. The Bertz CT molecular complexity index is 834. The summed E-state index contributed by atoms with van der Waals surface area (Å²) >= 11 is 0. The van der Waals surface area contributed by atoms with Crippen molar-refractivity contribution in [2.45, 2.75) is 33.1 Å². The van der Waals surface area contributed by atoms with E-state index in [1.807, 2.05) is 53.9 Å². The third kappa shape index (κ3) is 2.95.